The van der Waals surface area contributed by atoms with E-state index in [0.29, 0.717) is 11.4 Å². The molecule has 16 heavy (non-hydrogen) atoms. The number of rotatable bonds is 3. The summed E-state index contributed by atoms with van der Waals surface area (Å²) >= 11 is 0. The van der Waals surface area contributed by atoms with E-state index in [1.165, 1.54) is 12.1 Å². The third kappa shape index (κ3) is 2.07. The van der Waals surface area contributed by atoms with Gasteiger partial charge in [0.1, 0.15) is 12.4 Å². The number of halogens is 1. The molecule has 1 heterocycles. The van der Waals surface area contributed by atoms with Crippen LogP contribution >= 0.6 is 0 Å². The Morgan fingerprint density at radius 3 is 3.06 bits per heavy atom. The van der Waals surface area contributed by atoms with Gasteiger partial charge >= 0.3 is 0 Å². The average molecular weight is 223 g/mol. The molecule has 0 aliphatic carbocycles. The van der Waals surface area contributed by atoms with Gasteiger partial charge in [-0.1, -0.05) is 11.2 Å². The third-order valence-electron chi connectivity index (χ3n) is 2.12. The predicted octanol–water partition coefficient (Wildman–Crippen LogP) is 1.57. The average Bonchev–Trinajstić information content (AvgIpc) is 2.71. The van der Waals surface area contributed by atoms with Crippen molar-refractivity contribution in [2.45, 2.75) is 13.5 Å². The maximum absolute atomic E-state index is 13.1. The van der Waals surface area contributed by atoms with Crippen LogP contribution in [0.15, 0.2) is 22.7 Å². The van der Waals surface area contributed by atoms with E-state index in [4.69, 9.17) is 10.4 Å². The van der Waals surface area contributed by atoms with Crippen molar-refractivity contribution in [3.63, 3.8) is 0 Å². The maximum atomic E-state index is 13.1. The Morgan fingerprint density at radius 1 is 1.50 bits per heavy atom. The van der Waals surface area contributed by atoms with Crippen LogP contribution in [-0.4, -0.2) is 10.1 Å². The van der Waals surface area contributed by atoms with Crippen molar-refractivity contribution in [1.82, 2.24) is 10.1 Å². The predicted molar refractivity (Wildman–Crippen MR) is 53.4 cm³/mol. The first-order chi connectivity index (χ1) is 7.70. The van der Waals surface area contributed by atoms with Crippen molar-refractivity contribution in [3.05, 3.63) is 35.5 Å². The Kier molecular flexibility index (Phi) is 2.93. The van der Waals surface area contributed by atoms with Gasteiger partial charge in [0.05, 0.1) is 0 Å². The molecule has 6 heteroatoms. The highest BCUT2D eigenvalue weighted by Gasteiger charge is 2.11. The molecule has 0 fully saturated rings. The van der Waals surface area contributed by atoms with Gasteiger partial charge in [-0.3, -0.25) is 4.84 Å². The minimum atomic E-state index is -0.345. The normalized spacial score (nSPS) is 10.7. The first kappa shape index (κ1) is 10.7. The number of aryl methyl sites for hydroxylation is 1. The molecule has 0 radical (unpaired) electrons. The van der Waals surface area contributed by atoms with Crippen LogP contribution in [0.5, 0.6) is 0 Å². The summed E-state index contributed by atoms with van der Waals surface area (Å²) in [7, 11) is 0. The summed E-state index contributed by atoms with van der Waals surface area (Å²) in [6.07, 6.45) is 0. The molecule has 0 saturated carbocycles. The molecule has 84 valence electrons. The van der Waals surface area contributed by atoms with Crippen LogP contribution in [0.3, 0.4) is 0 Å². The van der Waals surface area contributed by atoms with Crippen LogP contribution in [0.4, 0.5) is 4.39 Å². The van der Waals surface area contributed by atoms with Crippen LogP contribution in [0.2, 0.25) is 0 Å². The van der Waals surface area contributed by atoms with Crippen molar-refractivity contribution in [2.24, 2.45) is 5.90 Å². The molecule has 0 aliphatic heterocycles. The van der Waals surface area contributed by atoms with E-state index in [2.05, 4.69) is 15.0 Å². The first-order valence-corrected chi connectivity index (χ1v) is 4.61. The number of hydrogen-bond acceptors (Lipinski definition) is 5. The lowest BCUT2D eigenvalue weighted by Gasteiger charge is -1.99. The quantitative estimate of drug-likeness (QED) is 0.799. The summed E-state index contributed by atoms with van der Waals surface area (Å²) in [5.41, 5.74) is 1.45. The van der Waals surface area contributed by atoms with Gasteiger partial charge in [-0.25, -0.2) is 10.3 Å². The lowest BCUT2D eigenvalue weighted by atomic mass is 10.1. The van der Waals surface area contributed by atoms with E-state index in [-0.39, 0.29) is 18.3 Å². The smallest absolute Gasteiger partial charge is 0.255 e. The lowest BCUT2D eigenvalue weighted by Crippen LogP contribution is -1.98. The second kappa shape index (κ2) is 4.38. The molecule has 0 saturated heterocycles. The zero-order valence-corrected chi connectivity index (χ0v) is 8.61. The molecule has 0 amide bonds. The molecule has 2 rings (SSSR count). The summed E-state index contributed by atoms with van der Waals surface area (Å²) in [6.45, 7) is 1.87. The molecular weight excluding hydrogens is 213 g/mol. The van der Waals surface area contributed by atoms with Crippen molar-refractivity contribution >= 4 is 0 Å². The van der Waals surface area contributed by atoms with E-state index >= 15 is 0 Å². The topological polar surface area (TPSA) is 74.2 Å². The number of nitrogens with two attached hydrogens (primary N) is 1. The number of nitrogens with zero attached hydrogens (tertiary/aromatic N) is 2. The molecule has 2 N–H and O–H groups in total. The minimum Gasteiger partial charge on any atom is -0.336 e. The van der Waals surface area contributed by atoms with Gasteiger partial charge in [-0.05, 0) is 24.6 Å². The lowest BCUT2D eigenvalue weighted by molar-refractivity contribution is 0.0996. The Balaban J connectivity index is 2.38. The third-order valence-corrected chi connectivity index (χ3v) is 2.12. The fourth-order valence-electron chi connectivity index (χ4n) is 1.33. The maximum Gasteiger partial charge on any atom is 0.255 e. The van der Waals surface area contributed by atoms with E-state index in [9.17, 15) is 4.39 Å². The Bertz CT molecular complexity index is 499. The molecule has 0 bridgehead atoms. The molecule has 0 spiro atoms. The Hall–Kier alpha value is -1.79. The highest BCUT2D eigenvalue weighted by atomic mass is 19.1. The van der Waals surface area contributed by atoms with Gasteiger partial charge in [0, 0.05) is 5.56 Å². The molecule has 0 atom stereocenters. The molecule has 1 aromatic heterocycles. The molecule has 0 aliphatic rings. The van der Waals surface area contributed by atoms with Crippen LogP contribution in [-0.2, 0) is 11.4 Å². The van der Waals surface area contributed by atoms with Crippen molar-refractivity contribution in [3.8, 4) is 11.4 Å². The van der Waals surface area contributed by atoms with Crippen LogP contribution in [0.25, 0.3) is 11.4 Å². The summed E-state index contributed by atoms with van der Waals surface area (Å²) in [4.78, 5) is 8.38. The van der Waals surface area contributed by atoms with E-state index in [0.717, 1.165) is 5.56 Å². The first-order valence-electron chi connectivity index (χ1n) is 4.61. The monoisotopic (exact) mass is 223 g/mol. The summed E-state index contributed by atoms with van der Waals surface area (Å²) in [6, 6.07) is 4.39. The highest BCUT2D eigenvalue weighted by molar-refractivity contribution is 5.59. The second-order valence-corrected chi connectivity index (χ2v) is 3.28. The van der Waals surface area contributed by atoms with Gasteiger partial charge in [0.15, 0.2) is 0 Å². The summed E-state index contributed by atoms with van der Waals surface area (Å²) in [5.74, 6) is 5.10. The fourth-order valence-corrected chi connectivity index (χ4v) is 1.33. The molecule has 2 aromatic rings. The van der Waals surface area contributed by atoms with Gasteiger partial charge in [0.25, 0.3) is 5.89 Å². The van der Waals surface area contributed by atoms with Gasteiger partial charge in [-0.15, -0.1) is 0 Å². The number of aromatic nitrogens is 2. The van der Waals surface area contributed by atoms with E-state index in [1.54, 1.807) is 6.07 Å². The molecular formula is C10H10FN3O2. The van der Waals surface area contributed by atoms with Crippen molar-refractivity contribution in [1.29, 1.82) is 0 Å². The molecule has 0 unspecified atom stereocenters. The molecule has 1 aromatic carbocycles. The Labute approximate surface area is 91.0 Å². The van der Waals surface area contributed by atoms with Gasteiger partial charge < -0.3 is 4.52 Å². The Morgan fingerprint density at radius 2 is 2.31 bits per heavy atom. The number of benzene rings is 1. The van der Waals surface area contributed by atoms with E-state index < -0.39 is 0 Å². The highest BCUT2D eigenvalue weighted by Crippen LogP contribution is 2.21. The fraction of sp³-hybridized carbons (Fsp3) is 0.200. The van der Waals surface area contributed by atoms with Crippen LogP contribution < -0.4 is 5.90 Å². The summed E-state index contributed by atoms with van der Waals surface area (Å²) in [5, 5.41) is 3.72. The van der Waals surface area contributed by atoms with E-state index in [1.807, 2.05) is 6.92 Å². The standard InChI is InChI=1S/C10H10FN3O2/c1-6-2-3-7(11)4-8(6)10-13-9(5-15-12)16-14-10/h2-4H,5,12H2,1H3. The van der Waals surface area contributed by atoms with Gasteiger partial charge in [0.2, 0.25) is 5.82 Å². The zero-order valence-electron chi connectivity index (χ0n) is 8.61. The van der Waals surface area contributed by atoms with Crippen molar-refractivity contribution < 1.29 is 13.8 Å². The largest absolute Gasteiger partial charge is 0.336 e. The summed E-state index contributed by atoms with van der Waals surface area (Å²) < 4.78 is 17.9. The minimum absolute atomic E-state index is 0.0291. The second-order valence-electron chi connectivity index (χ2n) is 3.28. The zero-order chi connectivity index (χ0) is 11.5. The van der Waals surface area contributed by atoms with Crippen LogP contribution in [0, 0.1) is 12.7 Å². The SMILES string of the molecule is Cc1ccc(F)cc1-c1noc(CON)n1. The van der Waals surface area contributed by atoms with Gasteiger partial charge in [-0.2, -0.15) is 4.98 Å². The number of hydrogen-bond donors (Lipinski definition) is 1. The molecule has 5 nitrogen and oxygen atoms in total. The van der Waals surface area contributed by atoms with Crippen LogP contribution in [0.1, 0.15) is 11.5 Å². The van der Waals surface area contributed by atoms with Crippen molar-refractivity contribution in [2.75, 3.05) is 0 Å².